The maximum Gasteiger partial charge on any atom is 0.407 e. The second-order valence-electron chi connectivity index (χ2n) is 8.24. The third-order valence-electron chi connectivity index (χ3n) is 4.37. The Hall–Kier alpha value is -3.89. The monoisotopic (exact) mass is 505 g/mol. The molecule has 0 spiro atoms. The van der Waals surface area contributed by atoms with Gasteiger partial charge in [0, 0.05) is 19.7 Å². The lowest BCUT2D eigenvalue weighted by Crippen LogP contribution is -2.34. The van der Waals surface area contributed by atoms with Gasteiger partial charge < -0.3 is 24.8 Å². The molecule has 0 aliphatic heterocycles. The van der Waals surface area contributed by atoms with Gasteiger partial charge in [-0.25, -0.2) is 23.5 Å². The molecule has 2 N–H and O–H groups in total. The number of alkyl carbamates (subject to hydrolysis) is 1. The molecule has 0 aliphatic rings. The van der Waals surface area contributed by atoms with Crippen LogP contribution in [-0.4, -0.2) is 52.0 Å². The number of carbonyl (C=O) groups is 2. The van der Waals surface area contributed by atoms with E-state index in [0.717, 1.165) is 0 Å². The number of fused-ring (bicyclic) bond motifs is 1. The van der Waals surface area contributed by atoms with Crippen molar-refractivity contribution in [1.29, 1.82) is 0 Å². The van der Waals surface area contributed by atoms with E-state index in [1.165, 1.54) is 28.9 Å². The van der Waals surface area contributed by atoms with E-state index in [2.05, 4.69) is 20.7 Å². The van der Waals surface area contributed by atoms with Gasteiger partial charge in [-0.05, 0) is 52.0 Å². The first-order chi connectivity index (χ1) is 17.2. The molecule has 0 fully saturated rings. The van der Waals surface area contributed by atoms with Gasteiger partial charge in [0.05, 0.1) is 19.3 Å². The van der Waals surface area contributed by atoms with E-state index in [1.54, 1.807) is 40.0 Å². The van der Waals surface area contributed by atoms with Crippen LogP contribution in [0.3, 0.4) is 0 Å². The van der Waals surface area contributed by atoms with Crippen LogP contribution in [0.15, 0.2) is 36.7 Å². The Labute approximate surface area is 211 Å². The van der Waals surface area contributed by atoms with Crippen molar-refractivity contribution >= 4 is 23.5 Å². The highest BCUT2D eigenvalue weighted by molar-refractivity contribution is 5.95. The highest BCUT2D eigenvalue weighted by Gasteiger charge is 2.17. The first-order valence-corrected chi connectivity index (χ1v) is 11.8. The molecule has 2 aromatic heterocycles. The standard InChI is InChI=1S/C23H28FN5O5.C2H6.H2/c1-5-32-21(30)17-14-27-29-10-8-19(28-20(17)29)26-13-15-12-16(24)6-7-18(15)33-11-9-25-22(31)34-23(2,3)4;1-2;/h6-8,10,12,14H,5,9,11,13H2,1-4H3,(H,25,31)(H,26,28);1-2H3;1H. The number of hydrogen-bond acceptors (Lipinski definition) is 8. The lowest BCUT2D eigenvalue weighted by Gasteiger charge is -2.19. The van der Waals surface area contributed by atoms with Gasteiger partial charge in [-0.1, -0.05) is 13.8 Å². The van der Waals surface area contributed by atoms with Crippen molar-refractivity contribution in [2.75, 3.05) is 25.1 Å². The Morgan fingerprint density at radius 2 is 1.94 bits per heavy atom. The molecule has 0 saturated carbocycles. The minimum Gasteiger partial charge on any atom is -0.491 e. The predicted molar refractivity (Wildman–Crippen MR) is 136 cm³/mol. The molecule has 198 valence electrons. The van der Waals surface area contributed by atoms with Crippen LogP contribution in [0.25, 0.3) is 5.65 Å². The lowest BCUT2D eigenvalue weighted by atomic mass is 10.2. The summed E-state index contributed by atoms with van der Waals surface area (Å²) in [5.74, 6) is -0.0133. The fraction of sp³-hybridized carbons (Fsp3) is 0.440. The number of benzene rings is 1. The number of nitrogens with one attached hydrogen (secondary N) is 2. The van der Waals surface area contributed by atoms with Crippen molar-refractivity contribution in [3.8, 4) is 5.75 Å². The quantitative estimate of drug-likeness (QED) is 0.314. The molecule has 0 aliphatic carbocycles. The van der Waals surface area contributed by atoms with Crippen molar-refractivity contribution in [3.63, 3.8) is 0 Å². The third-order valence-corrected chi connectivity index (χ3v) is 4.37. The summed E-state index contributed by atoms with van der Waals surface area (Å²) in [6.07, 6.45) is 2.51. The third kappa shape index (κ3) is 8.40. The number of ether oxygens (including phenoxy) is 3. The Balaban J connectivity index is 0.00000223. The average Bonchev–Trinajstić information content (AvgIpc) is 3.25. The fourth-order valence-electron chi connectivity index (χ4n) is 2.96. The first-order valence-electron chi connectivity index (χ1n) is 11.8. The summed E-state index contributed by atoms with van der Waals surface area (Å²) in [7, 11) is 0. The molecular weight excluding hydrogens is 469 g/mol. The number of aromatic nitrogens is 3. The van der Waals surface area contributed by atoms with Crippen molar-refractivity contribution < 1.29 is 29.6 Å². The Morgan fingerprint density at radius 3 is 2.64 bits per heavy atom. The second kappa shape index (κ2) is 13.3. The van der Waals surface area contributed by atoms with Crippen molar-refractivity contribution in [2.45, 2.75) is 53.7 Å². The van der Waals surface area contributed by atoms with Gasteiger partial charge in [0.1, 0.15) is 35.2 Å². The van der Waals surface area contributed by atoms with Crippen LogP contribution in [0.2, 0.25) is 0 Å². The summed E-state index contributed by atoms with van der Waals surface area (Å²) in [4.78, 5) is 28.2. The van der Waals surface area contributed by atoms with Crippen LogP contribution in [0.4, 0.5) is 15.0 Å². The summed E-state index contributed by atoms with van der Waals surface area (Å²) in [6.45, 7) is 11.9. The number of carbonyl (C=O) groups excluding carboxylic acids is 2. The van der Waals surface area contributed by atoms with Crippen LogP contribution in [0.5, 0.6) is 5.75 Å². The number of nitrogens with zero attached hydrogens (tertiary/aromatic N) is 3. The molecule has 11 heteroatoms. The maximum atomic E-state index is 13.9. The van der Waals surface area contributed by atoms with E-state index in [0.29, 0.717) is 22.8 Å². The first kappa shape index (κ1) is 28.3. The van der Waals surface area contributed by atoms with Crippen LogP contribution in [0, 0.1) is 5.82 Å². The highest BCUT2D eigenvalue weighted by atomic mass is 19.1. The van der Waals surface area contributed by atoms with Crippen LogP contribution < -0.4 is 15.4 Å². The van der Waals surface area contributed by atoms with Crippen molar-refractivity contribution in [2.24, 2.45) is 0 Å². The summed E-state index contributed by atoms with van der Waals surface area (Å²) < 4.78 is 31.3. The normalized spacial score (nSPS) is 10.8. The topological polar surface area (TPSA) is 116 Å². The molecular formula is C25H36FN5O5. The molecule has 0 radical (unpaired) electrons. The number of esters is 1. The fourth-order valence-corrected chi connectivity index (χ4v) is 2.96. The largest absolute Gasteiger partial charge is 0.491 e. The molecule has 10 nitrogen and oxygen atoms in total. The van der Waals surface area contributed by atoms with Crippen LogP contribution >= 0.6 is 0 Å². The molecule has 2 heterocycles. The molecule has 1 aromatic carbocycles. The number of amides is 1. The summed E-state index contributed by atoms with van der Waals surface area (Å²) in [5.41, 5.74) is 0.550. The van der Waals surface area contributed by atoms with E-state index < -0.39 is 23.5 Å². The van der Waals surface area contributed by atoms with E-state index >= 15 is 0 Å². The SMILES string of the molecule is CC.CCOC(=O)c1cnn2ccc(NCc3cc(F)ccc3OCCNC(=O)OC(C)(C)C)nc12.[HH]. The van der Waals surface area contributed by atoms with Gasteiger partial charge in [0.15, 0.2) is 5.65 Å². The zero-order chi connectivity index (χ0) is 26.7. The number of halogens is 1. The maximum absolute atomic E-state index is 13.9. The van der Waals surface area contributed by atoms with E-state index in [-0.39, 0.29) is 33.3 Å². The molecule has 3 aromatic rings. The zero-order valence-corrected chi connectivity index (χ0v) is 21.6. The van der Waals surface area contributed by atoms with E-state index in [1.807, 2.05) is 13.8 Å². The number of hydrogen-bond donors (Lipinski definition) is 2. The minimum atomic E-state index is -0.591. The van der Waals surface area contributed by atoms with Gasteiger partial charge in [0.25, 0.3) is 0 Å². The van der Waals surface area contributed by atoms with Gasteiger partial charge >= 0.3 is 12.1 Å². The Bertz CT molecular complexity index is 1170. The second-order valence-corrected chi connectivity index (χ2v) is 8.24. The number of rotatable bonds is 9. The summed E-state index contributed by atoms with van der Waals surface area (Å²) in [6, 6.07) is 5.85. The lowest BCUT2D eigenvalue weighted by molar-refractivity contribution is 0.0513. The predicted octanol–water partition coefficient (Wildman–Crippen LogP) is 4.83. The zero-order valence-electron chi connectivity index (χ0n) is 21.6. The summed E-state index contributed by atoms with van der Waals surface area (Å²) >= 11 is 0. The molecule has 0 saturated heterocycles. The van der Waals surface area contributed by atoms with Gasteiger partial charge in [0.2, 0.25) is 0 Å². The smallest absolute Gasteiger partial charge is 0.407 e. The molecule has 1 amide bonds. The van der Waals surface area contributed by atoms with Gasteiger partial charge in [-0.15, -0.1) is 0 Å². The van der Waals surface area contributed by atoms with Crippen LogP contribution in [-0.2, 0) is 16.0 Å². The van der Waals surface area contributed by atoms with E-state index in [4.69, 9.17) is 14.2 Å². The highest BCUT2D eigenvalue weighted by Crippen LogP contribution is 2.21. The molecule has 0 bridgehead atoms. The van der Waals surface area contributed by atoms with Crippen molar-refractivity contribution in [3.05, 3.63) is 53.6 Å². The van der Waals surface area contributed by atoms with Gasteiger partial charge in [-0.3, -0.25) is 0 Å². The Morgan fingerprint density at radius 1 is 1.19 bits per heavy atom. The summed E-state index contributed by atoms with van der Waals surface area (Å²) in [5, 5.41) is 9.80. The molecule has 3 rings (SSSR count). The van der Waals surface area contributed by atoms with Crippen molar-refractivity contribution in [1.82, 2.24) is 19.9 Å². The Kier molecular flexibility index (Phi) is 10.4. The molecule has 0 atom stereocenters. The van der Waals surface area contributed by atoms with E-state index in [9.17, 15) is 14.0 Å². The minimum absolute atomic E-state index is 0. The number of anilines is 1. The average molecular weight is 506 g/mol. The van der Waals surface area contributed by atoms with Gasteiger partial charge in [-0.2, -0.15) is 5.10 Å². The van der Waals surface area contributed by atoms with Crippen LogP contribution in [0.1, 0.15) is 58.9 Å². The molecule has 0 unspecified atom stereocenters. The molecule has 36 heavy (non-hydrogen) atoms.